The molecule has 19 heavy (non-hydrogen) atoms. The van der Waals surface area contributed by atoms with Gasteiger partial charge in [-0.1, -0.05) is 12.0 Å². The van der Waals surface area contributed by atoms with Crippen LogP contribution in [-0.4, -0.2) is 49.2 Å². The van der Waals surface area contributed by atoms with Crippen LogP contribution in [-0.2, 0) is 16.0 Å². The topological polar surface area (TPSA) is 81.4 Å². The lowest BCUT2D eigenvalue weighted by atomic mass is 10.0. The van der Waals surface area contributed by atoms with E-state index in [9.17, 15) is 0 Å². The van der Waals surface area contributed by atoms with Gasteiger partial charge in [0.05, 0.1) is 19.7 Å². The normalized spacial score (nSPS) is 22.8. The predicted octanol–water partition coefficient (Wildman–Crippen LogP) is 0.787. The molecule has 2 rings (SSSR count). The Labute approximate surface area is 113 Å². The Kier molecular flexibility index (Phi) is 5.12. The van der Waals surface area contributed by atoms with Crippen molar-refractivity contribution in [1.29, 1.82) is 0 Å². The smallest absolute Gasteiger partial charge is 0.315 e. The van der Waals surface area contributed by atoms with Crippen LogP contribution in [0.1, 0.15) is 25.7 Å². The van der Waals surface area contributed by atoms with Crippen molar-refractivity contribution in [3.8, 4) is 0 Å². The van der Waals surface area contributed by atoms with E-state index in [0.717, 1.165) is 26.0 Å². The molecule has 0 bridgehead atoms. The fourth-order valence-corrected chi connectivity index (χ4v) is 1.97. The molecule has 1 fully saturated rings. The molecule has 1 aromatic heterocycles. The highest BCUT2D eigenvalue weighted by atomic mass is 16.5. The number of methoxy groups -OCH3 is 1. The summed E-state index contributed by atoms with van der Waals surface area (Å²) in [4.78, 5) is 0. The highest BCUT2D eigenvalue weighted by Gasteiger charge is 2.35. The number of hydrogen-bond acceptors (Lipinski definition) is 7. The zero-order valence-electron chi connectivity index (χ0n) is 11.6. The molecular formula is C12H22N4O3. The molecule has 2 N–H and O–H groups in total. The molecule has 7 nitrogen and oxygen atoms in total. The minimum Gasteiger partial charge on any atom is -0.407 e. The monoisotopic (exact) mass is 270 g/mol. The molecule has 7 heteroatoms. The standard InChI is InChI=1S/C12H22N4O3/c1-3-5-13-7-10-15-16-11(19-10)14-8-12(17-2)4-6-18-9-12/h13H,3-9H2,1-2H3,(H,14,16). The summed E-state index contributed by atoms with van der Waals surface area (Å²) in [5, 5.41) is 14.3. The van der Waals surface area contributed by atoms with Gasteiger partial charge in [-0.05, 0) is 13.0 Å². The first-order chi connectivity index (χ1) is 9.28. The average molecular weight is 270 g/mol. The molecule has 0 radical (unpaired) electrons. The van der Waals surface area contributed by atoms with Crippen molar-refractivity contribution < 1.29 is 13.9 Å². The summed E-state index contributed by atoms with van der Waals surface area (Å²) in [6.07, 6.45) is 1.95. The lowest BCUT2D eigenvalue weighted by molar-refractivity contribution is -0.00654. The number of rotatable bonds is 8. The molecule has 1 aliphatic rings. The largest absolute Gasteiger partial charge is 0.407 e. The molecule has 108 valence electrons. The molecule has 0 aliphatic carbocycles. The van der Waals surface area contributed by atoms with E-state index < -0.39 is 0 Å². The minimum absolute atomic E-state index is 0.283. The maximum atomic E-state index is 5.52. The zero-order chi connectivity index (χ0) is 13.6. The number of anilines is 1. The van der Waals surface area contributed by atoms with Crippen molar-refractivity contribution in [1.82, 2.24) is 15.5 Å². The molecule has 1 atom stereocenters. The zero-order valence-corrected chi connectivity index (χ0v) is 11.6. The lowest BCUT2D eigenvalue weighted by Gasteiger charge is -2.25. The highest BCUT2D eigenvalue weighted by molar-refractivity contribution is 5.18. The van der Waals surface area contributed by atoms with Crippen LogP contribution in [0.4, 0.5) is 6.01 Å². The predicted molar refractivity (Wildman–Crippen MR) is 70.0 cm³/mol. The quantitative estimate of drug-likeness (QED) is 0.676. The van der Waals surface area contributed by atoms with E-state index in [4.69, 9.17) is 13.9 Å². The van der Waals surface area contributed by atoms with Gasteiger partial charge in [-0.2, -0.15) is 0 Å². The number of nitrogens with one attached hydrogen (secondary N) is 2. The van der Waals surface area contributed by atoms with E-state index in [1.807, 2.05) is 0 Å². The van der Waals surface area contributed by atoms with Crippen LogP contribution >= 0.6 is 0 Å². The molecule has 2 heterocycles. The van der Waals surface area contributed by atoms with Crippen LogP contribution in [0.15, 0.2) is 4.42 Å². The van der Waals surface area contributed by atoms with Crippen molar-refractivity contribution in [2.45, 2.75) is 31.9 Å². The third-order valence-electron chi connectivity index (χ3n) is 3.23. The van der Waals surface area contributed by atoms with Gasteiger partial charge in [-0.25, -0.2) is 0 Å². The second kappa shape index (κ2) is 6.83. The van der Waals surface area contributed by atoms with E-state index in [-0.39, 0.29) is 5.60 Å². The second-order valence-electron chi connectivity index (χ2n) is 4.72. The Morgan fingerprint density at radius 3 is 3.00 bits per heavy atom. The van der Waals surface area contributed by atoms with Gasteiger partial charge in [-0.3, -0.25) is 0 Å². The second-order valence-corrected chi connectivity index (χ2v) is 4.72. The first kappa shape index (κ1) is 14.2. The molecular weight excluding hydrogens is 248 g/mol. The van der Waals surface area contributed by atoms with Gasteiger partial charge in [0.15, 0.2) is 0 Å². The van der Waals surface area contributed by atoms with Crippen LogP contribution in [0.5, 0.6) is 0 Å². The van der Waals surface area contributed by atoms with E-state index in [1.54, 1.807) is 7.11 Å². The number of hydrogen-bond donors (Lipinski definition) is 2. The summed E-state index contributed by atoms with van der Waals surface area (Å²) < 4.78 is 16.4. The van der Waals surface area contributed by atoms with Crippen molar-refractivity contribution in [2.75, 3.05) is 38.7 Å². The maximum absolute atomic E-state index is 5.52. The van der Waals surface area contributed by atoms with E-state index in [1.165, 1.54) is 0 Å². The van der Waals surface area contributed by atoms with Crippen molar-refractivity contribution in [3.63, 3.8) is 0 Å². The van der Waals surface area contributed by atoms with Gasteiger partial charge in [0.2, 0.25) is 5.89 Å². The Balaban J connectivity index is 1.79. The number of aromatic nitrogens is 2. The molecule has 0 saturated carbocycles. The van der Waals surface area contributed by atoms with Crippen molar-refractivity contribution in [2.24, 2.45) is 0 Å². The summed E-state index contributed by atoms with van der Waals surface area (Å²) >= 11 is 0. The highest BCUT2D eigenvalue weighted by Crippen LogP contribution is 2.22. The molecule has 1 unspecified atom stereocenters. The summed E-state index contributed by atoms with van der Waals surface area (Å²) in [6.45, 7) is 5.58. The van der Waals surface area contributed by atoms with Crippen LogP contribution in [0.25, 0.3) is 0 Å². The van der Waals surface area contributed by atoms with Crippen molar-refractivity contribution in [3.05, 3.63) is 5.89 Å². The van der Waals surface area contributed by atoms with Crippen LogP contribution in [0, 0.1) is 0 Å². The Morgan fingerprint density at radius 2 is 2.32 bits per heavy atom. The Hall–Kier alpha value is -1.18. The van der Waals surface area contributed by atoms with Crippen LogP contribution in [0.2, 0.25) is 0 Å². The fraction of sp³-hybridized carbons (Fsp3) is 0.833. The van der Waals surface area contributed by atoms with Gasteiger partial charge in [0.25, 0.3) is 0 Å². The average Bonchev–Trinajstić information content (AvgIpc) is 3.06. The summed E-state index contributed by atoms with van der Waals surface area (Å²) in [5.41, 5.74) is -0.283. The van der Waals surface area contributed by atoms with E-state index in [2.05, 4.69) is 27.8 Å². The number of ether oxygens (including phenoxy) is 2. The third-order valence-corrected chi connectivity index (χ3v) is 3.23. The van der Waals surface area contributed by atoms with E-state index >= 15 is 0 Å². The summed E-state index contributed by atoms with van der Waals surface area (Å²) in [6, 6.07) is 0.427. The minimum atomic E-state index is -0.283. The van der Waals surface area contributed by atoms with Gasteiger partial charge in [0, 0.05) is 20.1 Å². The van der Waals surface area contributed by atoms with Crippen LogP contribution < -0.4 is 10.6 Å². The van der Waals surface area contributed by atoms with Gasteiger partial charge >= 0.3 is 6.01 Å². The van der Waals surface area contributed by atoms with Gasteiger partial charge < -0.3 is 24.5 Å². The lowest BCUT2D eigenvalue weighted by Crippen LogP contribution is -2.39. The molecule has 0 amide bonds. The first-order valence-electron chi connectivity index (χ1n) is 6.68. The molecule has 0 spiro atoms. The first-order valence-corrected chi connectivity index (χ1v) is 6.68. The summed E-state index contributed by atoms with van der Waals surface area (Å²) in [7, 11) is 1.70. The van der Waals surface area contributed by atoms with Crippen molar-refractivity contribution >= 4 is 6.01 Å². The number of nitrogens with zero attached hydrogens (tertiary/aromatic N) is 2. The molecule has 1 aliphatic heterocycles. The summed E-state index contributed by atoms with van der Waals surface area (Å²) in [5.74, 6) is 0.588. The molecule has 1 aromatic rings. The SMILES string of the molecule is CCCNCc1nnc(NCC2(OC)CCOC2)o1. The van der Waals surface area contributed by atoms with E-state index in [0.29, 0.717) is 31.6 Å². The van der Waals surface area contributed by atoms with Gasteiger partial charge in [-0.15, -0.1) is 5.10 Å². The molecule has 0 aromatic carbocycles. The van der Waals surface area contributed by atoms with Gasteiger partial charge in [0.1, 0.15) is 5.60 Å². The fourth-order valence-electron chi connectivity index (χ4n) is 1.97. The Bertz CT molecular complexity index is 377. The third kappa shape index (κ3) is 3.89. The maximum Gasteiger partial charge on any atom is 0.315 e. The van der Waals surface area contributed by atoms with Crippen LogP contribution in [0.3, 0.4) is 0 Å². The Morgan fingerprint density at radius 1 is 1.42 bits per heavy atom. The molecule has 1 saturated heterocycles.